The van der Waals surface area contributed by atoms with Crippen LogP contribution in [0.1, 0.15) is 322 Å². The zero-order valence-corrected chi connectivity index (χ0v) is 46.8. The zero-order chi connectivity index (χ0) is 50.9. The van der Waals surface area contributed by atoms with Gasteiger partial charge in [-0.05, 0) is 83.5 Å². The fourth-order valence-corrected chi connectivity index (χ4v) is 9.63. The molecule has 0 aromatic rings. The highest BCUT2D eigenvalue weighted by atomic mass is 16.3. The molecule has 70 heavy (non-hydrogen) atoms. The number of unbranched alkanes of at least 4 members (excludes halogenated alkanes) is 40. The highest BCUT2D eigenvalue weighted by Crippen LogP contribution is 2.18. The van der Waals surface area contributed by atoms with Crippen LogP contribution in [0.3, 0.4) is 0 Å². The van der Waals surface area contributed by atoms with Crippen LogP contribution in [0, 0.1) is 0 Å². The normalized spacial score (nSPS) is 14.0. The van der Waals surface area contributed by atoms with Crippen LogP contribution in [0.5, 0.6) is 0 Å². The number of rotatable bonds is 57. The molecule has 1 amide bonds. The van der Waals surface area contributed by atoms with Crippen LogP contribution >= 0.6 is 0 Å². The lowest BCUT2D eigenvalue weighted by atomic mass is 10.00. The van der Waals surface area contributed by atoms with E-state index in [1.807, 2.05) is 0 Å². The maximum absolute atomic E-state index is 12.6. The first kappa shape index (κ1) is 68.3. The van der Waals surface area contributed by atoms with Gasteiger partial charge in [-0.15, -0.1) is 0 Å². The number of aliphatic hydroxyl groups is 4. The summed E-state index contributed by atoms with van der Waals surface area (Å²) in [5.41, 5.74) is 0. The molecule has 0 aliphatic rings. The van der Waals surface area contributed by atoms with E-state index in [-0.39, 0.29) is 0 Å². The average Bonchev–Trinajstić information content (AvgIpc) is 3.36. The standard InChI is InChI=1S/C64H121NO5/c1-3-5-7-9-11-13-15-17-19-21-22-23-24-25-26-27-28-29-30-31-32-33-34-35-36-37-38-39-40-41-42-44-46-48-50-52-54-56-58-62(68)64(70)65-60(59-66)63(69)61(67)57-55-53-51-49-47-45-43-20-18-16-14-12-10-8-6-4-2/h20,28-29,31-32,43,49,51,60-63,66-69H,3-19,21-27,30,33-42,44-48,50,52-59H2,1-2H3,(H,65,70)/b29-28-,32-31-,43-20+,51-49+. The topological polar surface area (TPSA) is 110 Å². The molecular formula is C64H121NO5. The van der Waals surface area contributed by atoms with Gasteiger partial charge in [0, 0.05) is 0 Å². The summed E-state index contributed by atoms with van der Waals surface area (Å²) in [6, 6.07) is -1.01. The van der Waals surface area contributed by atoms with Gasteiger partial charge in [-0.3, -0.25) is 4.79 Å². The van der Waals surface area contributed by atoms with Crippen molar-refractivity contribution in [1.29, 1.82) is 0 Å². The second-order valence-corrected chi connectivity index (χ2v) is 21.4. The molecule has 0 spiro atoms. The molecule has 6 heteroatoms. The Bertz CT molecular complexity index is 1150. The van der Waals surface area contributed by atoms with Crippen molar-refractivity contribution in [3.8, 4) is 0 Å². The zero-order valence-electron chi connectivity index (χ0n) is 46.8. The van der Waals surface area contributed by atoms with Gasteiger partial charge < -0.3 is 25.7 Å². The summed E-state index contributed by atoms with van der Waals surface area (Å²) >= 11 is 0. The maximum Gasteiger partial charge on any atom is 0.249 e. The van der Waals surface area contributed by atoms with Gasteiger partial charge in [-0.1, -0.05) is 287 Å². The van der Waals surface area contributed by atoms with Crippen LogP contribution in [0.15, 0.2) is 48.6 Å². The summed E-state index contributed by atoms with van der Waals surface area (Å²) in [4.78, 5) is 12.6. The summed E-state index contributed by atoms with van der Waals surface area (Å²) < 4.78 is 0. The minimum Gasteiger partial charge on any atom is -0.394 e. The summed E-state index contributed by atoms with van der Waals surface area (Å²) in [6.45, 7) is 4.06. The second-order valence-electron chi connectivity index (χ2n) is 21.4. The van der Waals surface area contributed by atoms with Gasteiger partial charge in [0.2, 0.25) is 5.91 Å². The quantitative estimate of drug-likeness (QED) is 0.0308. The third-order valence-corrected chi connectivity index (χ3v) is 14.5. The first-order chi connectivity index (χ1) is 34.5. The van der Waals surface area contributed by atoms with Crippen LogP contribution in [0.4, 0.5) is 0 Å². The first-order valence-electron chi connectivity index (χ1n) is 31.0. The third-order valence-electron chi connectivity index (χ3n) is 14.5. The molecule has 0 radical (unpaired) electrons. The Hall–Kier alpha value is -1.73. The fraction of sp³-hybridized carbons (Fsp3) is 0.859. The van der Waals surface area contributed by atoms with E-state index >= 15 is 0 Å². The van der Waals surface area contributed by atoms with Gasteiger partial charge in [-0.2, -0.15) is 0 Å². The molecule has 0 fully saturated rings. The lowest BCUT2D eigenvalue weighted by Gasteiger charge is -2.27. The van der Waals surface area contributed by atoms with Crippen molar-refractivity contribution in [3.05, 3.63) is 48.6 Å². The Kier molecular flexibility index (Phi) is 56.7. The summed E-state index contributed by atoms with van der Waals surface area (Å²) in [5.74, 6) is -0.595. The molecule has 0 aromatic heterocycles. The Balaban J connectivity index is 3.57. The van der Waals surface area contributed by atoms with E-state index < -0.39 is 36.9 Å². The number of hydrogen-bond acceptors (Lipinski definition) is 5. The van der Waals surface area contributed by atoms with Crippen molar-refractivity contribution in [1.82, 2.24) is 5.32 Å². The van der Waals surface area contributed by atoms with Gasteiger partial charge in [-0.25, -0.2) is 0 Å². The average molecular weight is 985 g/mol. The molecule has 0 rings (SSSR count). The minimum atomic E-state index is -1.29. The fourth-order valence-electron chi connectivity index (χ4n) is 9.63. The Morgan fingerprint density at radius 2 is 0.643 bits per heavy atom. The van der Waals surface area contributed by atoms with Gasteiger partial charge in [0.1, 0.15) is 12.2 Å². The number of allylic oxidation sites excluding steroid dienone is 8. The van der Waals surface area contributed by atoms with Crippen molar-refractivity contribution in [3.63, 3.8) is 0 Å². The number of carbonyl (C=O) groups is 1. The van der Waals surface area contributed by atoms with Gasteiger partial charge >= 0.3 is 0 Å². The predicted octanol–water partition coefficient (Wildman–Crippen LogP) is 18.5. The molecular weight excluding hydrogens is 863 g/mol. The monoisotopic (exact) mass is 984 g/mol. The molecule has 4 unspecified atom stereocenters. The molecule has 0 aromatic carbocycles. The van der Waals surface area contributed by atoms with Crippen LogP contribution in [0.2, 0.25) is 0 Å². The SMILES string of the molecule is CCCCCCCCC/C=C/CC/C=C/CCCC(O)C(O)C(CO)NC(=O)C(O)CCCCCCCCCCCCCCCCCC/C=C\C/C=C\CCCCCCCCCCCCCCCCC. The van der Waals surface area contributed by atoms with Crippen molar-refractivity contribution in [2.24, 2.45) is 0 Å². The number of aliphatic hydroxyl groups excluding tert-OH is 4. The number of carbonyl (C=O) groups excluding carboxylic acids is 1. The molecule has 4 atom stereocenters. The Morgan fingerprint density at radius 3 is 0.986 bits per heavy atom. The molecule has 0 saturated heterocycles. The molecule has 0 heterocycles. The van der Waals surface area contributed by atoms with Crippen LogP contribution in [0.25, 0.3) is 0 Å². The Morgan fingerprint density at radius 1 is 0.357 bits per heavy atom. The maximum atomic E-state index is 12.6. The highest BCUT2D eigenvalue weighted by molar-refractivity contribution is 5.80. The summed E-state index contributed by atoms with van der Waals surface area (Å²) in [7, 11) is 0. The smallest absolute Gasteiger partial charge is 0.249 e. The van der Waals surface area contributed by atoms with E-state index in [1.165, 1.54) is 244 Å². The van der Waals surface area contributed by atoms with E-state index in [0.29, 0.717) is 19.3 Å². The molecule has 0 saturated carbocycles. The largest absolute Gasteiger partial charge is 0.394 e. The third kappa shape index (κ3) is 51.2. The van der Waals surface area contributed by atoms with Gasteiger partial charge in [0.15, 0.2) is 0 Å². The van der Waals surface area contributed by atoms with Crippen molar-refractivity contribution in [2.45, 2.75) is 346 Å². The number of nitrogens with one attached hydrogen (secondary N) is 1. The van der Waals surface area contributed by atoms with Gasteiger partial charge in [0.05, 0.1) is 18.8 Å². The molecule has 0 aliphatic heterocycles. The lowest BCUT2D eigenvalue weighted by Crippen LogP contribution is -2.53. The minimum absolute atomic E-state index is 0.360. The van der Waals surface area contributed by atoms with E-state index in [2.05, 4.69) is 67.8 Å². The summed E-state index contributed by atoms with van der Waals surface area (Å²) in [6.07, 6.45) is 75.0. The predicted molar refractivity (Wildman–Crippen MR) is 307 cm³/mol. The molecule has 5 N–H and O–H groups in total. The summed E-state index contributed by atoms with van der Waals surface area (Å²) in [5, 5.41) is 43.9. The van der Waals surface area contributed by atoms with Crippen LogP contribution in [-0.4, -0.2) is 57.3 Å². The van der Waals surface area contributed by atoms with Crippen molar-refractivity contribution in [2.75, 3.05) is 6.61 Å². The van der Waals surface area contributed by atoms with E-state index in [4.69, 9.17) is 0 Å². The molecule has 0 aliphatic carbocycles. The van der Waals surface area contributed by atoms with Crippen LogP contribution in [-0.2, 0) is 4.79 Å². The second kappa shape index (κ2) is 58.2. The van der Waals surface area contributed by atoms with E-state index in [1.54, 1.807) is 0 Å². The highest BCUT2D eigenvalue weighted by Gasteiger charge is 2.28. The number of amides is 1. The van der Waals surface area contributed by atoms with Gasteiger partial charge in [0.25, 0.3) is 0 Å². The van der Waals surface area contributed by atoms with Crippen molar-refractivity contribution < 1.29 is 25.2 Å². The van der Waals surface area contributed by atoms with Crippen molar-refractivity contribution >= 4 is 5.91 Å². The van der Waals surface area contributed by atoms with E-state index in [9.17, 15) is 25.2 Å². The first-order valence-corrected chi connectivity index (χ1v) is 31.0. The Labute approximate surface area is 436 Å². The molecule has 0 bridgehead atoms. The van der Waals surface area contributed by atoms with E-state index in [0.717, 1.165) is 44.9 Å². The lowest BCUT2D eigenvalue weighted by molar-refractivity contribution is -0.132. The molecule has 412 valence electrons. The van der Waals surface area contributed by atoms with Crippen LogP contribution < -0.4 is 5.32 Å². The number of hydrogen-bond donors (Lipinski definition) is 5. The molecule has 6 nitrogen and oxygen atoms in total.